The average Bonchev–Trinajstić information content (AvgIpc) is 3.23. The molecule has 6 heteroatoms. The Hall–Kier alpha value is -1.14. The molecule has 0 N–H and O–H groups in total. The van der Waals surface area contributed by atoms with Gasteiger partial charge in [0.2, 0.25) is 0 Å². The van der Waals surface area contributed by atoms with Crippen molar-refractivity contribution in [2.75, 3.05) is 38.2 Å². The molecule has 0 aromatic carbocycles. The number of nitrogens with zero attached hydrogens (tertiary/aromatic N) is 3. The maximum absolute atomic E-state index is 11.2. The Morgan fingerprint density at radius 3 is 3.00 bits per heavy atom. The lowest BCUT2D eigenvalue weighted by Gasteiger charge is -2.23. The van der Waals surface area contributed by atoms with Crippen LogP contribution in [-0.2, 0) is 16.0 Å². The highest BCUT2D eigenvalue weighted by molar-refractivity contribution is 7.13. The molecule has 0 aliphatic carbocycles. The van der Waals surface area contributed by atoms with Gasteiger partial charge in [-0.25, -0.2) is 4.98 Å². The van der Waals surface area contributed by atoms with Gasteiger partial charge in [0, 0.05) is 30.9 Å². The molecule has 2 aliphatic heterocycles. The smallest absolute Gasteiger partial charge is 0.305 e. The van der Waals surface area contributed by atoms with Crippen LogP contribution in [0, 0.1) is 0 Å². The first-order valence-electron chi connectivity index (χ1n) is 7.76. The summed E-state index contributed by atoms with van der Waals surface area (Å²) in [6, 6.07) is 0.704. The number of ether oxygens (including phenoxy) is 1. The van der Waals surface area contributed by atoms with E-state index in [-0.39, 0.29) is 5.97 Å². The number of thiazole rings is 1. The standard InChI is InChI=1S/C15H23N3O2S/c1-20-14(19)5-4-12-11-21-15(16-12)18-9-6-13(10-18)17-7-2-3-8-17/h11,13H,2-10H2,1H3. The maximum atomic E-state index is 11.2. The molecule has 3 heterocycles. The van der Waals surface area contributed by atoms with Crippen molar-refractivity contribution >= 4 is 22.4 Å². The zero-order valence-corrected chi connectivity index (χ0v) is 13.4. The number of rotatable bonds is 5. The molecule has 116 valence electrons. The van der Waals surface area contributed by atoms with Crippen molar-refractivity contribution in [3.63, 3.8) is 0 Å². The molecule has 0 spiro atoms. The third kappa shape index (κ3) is 3.55. The van der Waals surface area contributed by atoms with Crippen molar-refractivity contribution in [1.82, 2.24) is 9.88 Å². The van der Waals surface area contributed by atoms with Crippen LogP contribution in [-0.4, -0.2) is 55.2 Å². The normalized spacial score (nSPS) is 22.9. The predicted molar refractivity (Wildman–Crippen MR) is 83.9 cm³/mol. The second-order valence-corrected chi connectivity index (χ2v) is 6.67. The summed E-state index contributed by atoms with van der Waals surface area (Å²) in [5.41, 5.74) is 1.00. The number of anilines is 1. The molecule has 0 bridgehead atoms. The van der Waals surface area contributed by atoms with E-state index in [4.69, 9.17) is 0 Å². The third-order valence-corrected chi connectivity index (χ3v) is 5.39. The summed E-state index contributed by atoms with van der Waals surface area (Å²) < 4.78 is 4.67. The van der Waals surface area contributed by atoms with Gasteiger partial charge in [-0.2, -0.15) is 0 Å². The van der Waals surface area contributed by atoms with Crippen LogP contribution in [0.1, 0.15) is 31.4 Å². The molecule has 1 aromatic rings. The fourth-order valence-electron chi connectivity index (χ4n) is 3.21. The van der Waals surface area contributed by atoms with E-state index in [9.17, 15) is 4.79 Å². The van der Waals surface area contributed by atoms with E-state index in [1.165, 1.54) is 39.5 Å². The lowest BCUT2D eigenvalue weighted by molar-refractivity contribution is -0.140. The van der Waals surface area contributed by atoms with Crippen molar-refractivity contribution in [2.24, 2.45) is 0 Å². The van der Waals surface area contributed by atoms with E-state index in [0.29, 0.717) is 18.9 Å². The van der Waals surface area contributed by atoms with Gasteiger partial charge in [0.25, 0.3) is 0 Å². The summed E-state index contributed by atoms with van der Waals surface area (Å²) in [6.07, 6.45) is 5.04. The van der Waals surface area contributed by atoms with Gasteiger partial charge in [0.15, 0.2) is 5.13 Å². The molecule has 2 saturated heterocycles. The Kier molecular flexibility index (Phi) is 4.75. The Labute approximate surface area is 129 Å². The first kappa shape index (κ1) is 14.8. The SMILES string of the molecule is COC(=O)CCc1csc(N2CCC(N3CCCC3)C2)n1. The minimum absolute atomic E-state index is 0.167. The minimum atomic E-state index is -0.167. The molecule has 1 unspecified atom stereocenters. The molecule has 0 radical (unpaired) electrons. The van der Waals surface area contributed by atoms with Crippen molar-refractivity contribution in [3.05, 3.63) is 11.1 Å². The van der Waals surface area contributed by atoms with E-state index >= 15 is 0 Å². The number of esters is 1. The van der Waals surface area contributed by atoms with Crippen LogP contribution in [0.2, 0.25) is 0 Å². The van der Waals surface area contributed by atoms with Gasteiger partial charge < -0.3 is 9.64 Å². The maximum Gasteiger partial charge on any atom is 0.305 e. The van der Waals surface area contributed by atoms with Gasteiger partial charge in [-0.1, -0.05) is 0 Å². The van der Waals surface area contributed by atoms with Crippen LogP contribution in [0.15, 0.2) is 5.38 Å². The topological polar surface area (TPSA) is 45.7 Å². The molecule has 0 saturated carbocycles. The van der Waals surface area contributed by atoms with E-state index < -0.39 is 0 Å². The summed E-state index contributed by atoms with van der Waals surface area (Å²) in [4.78, 5) is 20.9. The van der Waals surface area contributed by atoms with Crippen molar-refractivity contribution in [1.29, 1.82) is 0 Å². The second-order valence-electron chi connectivity index (χ2n) is 5.83. The summed E-state index contributed by atoms with van der Waals surface area (Å²) in [7, 11) is 1.43. The molecule has 2 fully saturated rings. The summed E-state index contributed by atoms with van der Waals surface area (Å²) in [5.74, 6) is -0.167. The van der Waals surface area contributed by atoms with Crippen LogP contribution in [0.5, 0.6) is 0 Å². The van der Waals surface area contributed by atoms with E-state index in [1.807, 2.05) is 0 Å². The molecular weight excluding hydrogens is 286 g/mol. The number of hydrogen-bond acceptors (Lipinski definition) is 6. The van der Waals surface area contributed by atoms with Gasteiger partial charge >= 0.3 is 5.97 Å². The van der Waals surface area contributed by atoms with Gasteiger partial charge in [0.1, 0.15) is 0 Å². The highest BCUT2D eigenvalue weighted by atomic mass is 32.1. The Balaban J connectivity index is 1.53. The number of aryl methyl sites for hydroxylation is 1. The monoisotopic (exact) mass is 309 g/mol. The van der Waals surface area contributed by atoms with Crippen LogP contribution in [0.4, 0.5) is 5.13 Å². The number of likely N-dealkylation sites (tertiary alicyclic amines) is 1. The van der Waals surface area contributed by atoms with Gasteiger partial charge in [-0.3, -0.25) is 9.69 Å². The Bertz CT molecular complexity index is 485. The largest absolute Gasteiger partial charge is 0.469 e. The fourth-order valence-corrected chi connectivity index (χ4v) is 4.11. The summed E-state index contributed by atoms with van der Waals surface area (Å²) in [6.45, 7) is 4.73. The average molecular weight is 309 g/mol. The van der Waals surface area contributed by atoms with Crippen molar-refractivity contribution in [3.8, 4) is 0 Å². The summed E-state index contributed by atoms with van der Waals surface area (Å²) in [5, 5.41) is 3.18. The number of hydrogen-bond donors (Lipinski definition) is 0. The fraction of sp³-hybridized carbons (Fsp3) is 0.733. The van der Waals surface area contributed by atoms with Crippen LogP contribution in [0.25, 0.3) is 0 Å². The van der Waals surface area contributed by atoms with Crippen LogP contribution < -0.4 is 4.90 Å². The minimum Gasteiger partial charge on any atom is -0.469 e. The van der Waals surface area contributed by atoms with E-state index in [0.717, 1.165) is 23.9 Å². The quantitative estimate of drug-likeness (QED) is 0.778. The predicted octanol–water partition coefficient (Wildman–Crippen LogP) is 1.92. The Morgan fingerprint density at radius 1 is 1.43 bits per heavy atom. The zero-order chi connectivity index (χ0) is 14.7. The number of carbonyl (C=O) groups is 1. The molecule has 2 aliphatic rings. The molecule has 1 atom stereocenters. The molecule has 0 amide bonds. The van der Waals surface area contributed by atoms with E-state index in [1.54, 1.807) is 11.3 Å². The highest BCUT2D eigenvalue weighted by Gasteiger charge is 2.30. The van der Waals surface area contributed by atoms with Crippen molar-refractivity contribution < 1.29 is 9.53 Å². The van der Waals surface area contributed by atoms with Crippen molar-refractivity contribution in [2.45, 2.75) is 38.1 Å². The highest BCUT2D eigenvalue weighted by Crippen LogP contribution is 2.28. The van der Waals surface area contributed by atoms with Crippen LogP contribution >= 0.6 is 11.3 Å². The first-order valence-corrected chi connectivity index (χ1v) is 8.64. The number of aromatic nitrogens is 1. The Morgan fingerprint density at radius 2 is 2.24 bits per heavy atom. The van der Waals surface area contributed by atoms with Gasteiger partial charge in [-0.15, -0.1) is 11.3 Å². The third-order valence-electron chi connectivity index (χ3n) is 4.44. The lowest BCUT2D eigenvalue weighted by atomic mass is 10.2. The molecule has 1 aromatic heterocycles. The van der Waals surface area contributed by atoms with Gasteiger partial charge in [0.05, 0.1) is 19.2 Å². The second kappa shape index (κ2) is 6.75. The number of methoxy groups -OCH3 is 1. The summed E-state index contributed by atoms with van der Waals surface area (Å²) >= 11 is 1.69. The lowest BCUT2D eigenvalue weighted by Crippen LogP contribution is -2.35. The zero-order valence-electron chi connectivity index (χ0n) is 12.6. The molecule has 3 rings (SSSR count). The molecular formula is C15H23N3O2S. The first-order chi connectivity index (χ1) is 10.3. The molecule has 5 nitrogen and oxygen atoms in total. The van der Waals surface area contributed by atoms with Crippen LogP contribution in [0.3, 0.4) is 0 Å². The van der Waals surface area contributed by atoms with Gasteiger partial charge in [-0.05, 0) is 32.4 Å². The number of carbonyl (C=O) groups excluding carboxylic acids is 1. The van der Waals surface area contributed by atoms with E-state index in [2.05, 4.69) is 24.9 Å². The molecule has 21 heavy (non-hydrogen) atoms.